The molecule has 0 aromatic carbocycles. The van der Waals surface area contributed by atoms with Crippen molar-refractivity contribution < 1.29 is 4.79 Å². The first-order valence-corrected chi connectivity index (χ1v) is 8.76. The number of hydrogen-bond acceptors (Lipinski definition) is 4. The summed E-state index contributed by atoms with van der Waals surface area (Å²) >= 11 is 0. The van der Waals surface area contributed by atoms with Crippen molar-refractivity contribution in [2.75, 3.05) is 13.6 Å². The lowest BCUT2D eigenvalue weighted by Gasteiger charge is -2.21. The highest BCUT2D eigenvalue weighted by atomic mass is 16.1. The lowest BCUT2D eigenvalue weighted by molar-refractivity contribution is -0.117. The van der Waals surface area contributed by atoms with E-state index in [0.29, 0.717) is 24.2 Å². The van der Waals surface area contributed by atoms with Gasteiger partial charge in [-0.3, -0.25) is 9.20 Å². The van der Waals surface area contributed by atoms with E-state index in [1.165, 1.54) is 0 Å². The standard InChI is InChI=1S/C20H29N3O2/c1-14(9-15(2)24)12-22(6)13-16-11-21-18-10-17(20(3,4)5)7-8-23(18)19(16)25/h7-8,10-11,14H,9,12-13H2,1-6H3/t14-/m0/s1. The van der Waals surface area contributed by atoms with E-state index >= 15 is 0 Å². The SMILES string of the molecule is CC(=O)C[C@H](C)CN(C)Cc1cnc2cc(C(C)(C)C)ccn2c1=O. The molecule has 0 radical (unpaired) electrons. The fourth-order valence-electron chi connectivity index (χ4n) is 3.13. The summed E-state index contributed by atoms with van der Waals surface area (Å²) in [6.07, 6.45) is 4.05. The van der Waals surface area contributed by atoms with Crippen molar-refractivity contribution in [1.82, 2.24) is 14.3 Å². The fourth-order valence-corrected chi connectivity index (χ4v) is 3.13. The second kappa shape index (κ2) is 7.48. The number of rotatable bonds is 6. The Hall–Kier alpha value is -2.01. The lowest BCUT2D eigenvalue weighted by Crippen LogP contribution is -2.29. The van der Waals surface area contributed by atoms with Crippen LogP contribution >= 0.6 is 0 Å². The van der Waals surface area contributed by atoms with Crippen LogP contribution in [0.3, 0.4) is 0 Å². The monoisotopic (exact) mass is 343 g/mol. The molecular weight excluding hydrogens is 314 g/mol. The number of pyridine rings is 1. The molecule has 5 nitrogen and oxygen atoms in total. The maximum absolute atomic E-state index is 12.7. The van der Waals surface area contributed by atoms with Gasteiger partial charge in [-0.05, 0) is 43.0 Å². The number of aromatic nitrogens is 2. The van der Waals surface area contributed by atoms with Crippen LogP contribution in [0.15, 0.2) is 29.3 Å². The molecule has 1 atom stereocenters. The van der Waals surface area contributed by atoms with Gasteiger partial charge in [0.05, 0.1) is 5.56 Å². The summed E-state index contributed by atoms with van der Waals surface area (Å²) in [5, 5.41) is 0. The van der Waals surface area contributed by atoms with Gasteiger partial charge in [-0.2, -0.15) is 0 Å². The minimum atomic E-state index is -0.0310. The molecule has 0 aliphatic heterocycles. The summed E-state index contributed by atoms with van der Waals surface area (Å²) < 4.78 is 1.61. The Kier molecular flexibility index (Phi) is 5.78. The van der Waals surface area contributed by atoms with Crippen molar-refractivity contribution >= 4 is 11.4 Å². The molecule has 0 unspecified atom stereocenters. The Labute approximate surface area is 149 Å². The van der Waals surface area contributed by atoms with E-state index in [4.69, 9.17) is 0 Å². The van der Waals surface area contributed by atoms with Crippen molar-refractivity contribution in [3.05, 3.63) is 46.0 Å². The zero-order valence-corrected chi connectivity index (χ0v) is 16.2. The Morgan fingerprint density at radius 3 is 2.64 bits per heavy atom. The van der Waals surface area contributed by atoms with Gasteiger partial charge in [0.1, 0.15) is 11.4 Å². The molecule has 0 bridgehead atoms. The molecule has 2 aromatic rings. The van der Waals surface area contributed by atoms with Gasteiger partial charge in [-0.25, -0.2) is 4.98 Å². The Morgan fingerprint density at radius 1 is 1.36 bits per heavy atom. The predicted molar refractivity (Wildman–Crippen MR) is 101 cm³/mol. The van der Waals surface area contributed by atoms with Crippen LogP contribution in [0.5, 0.6) is 0 Å². The number of Topliss-reactive ketones (excluding diaryl/α,β-unsaturated/α-hetero) is 1. The molecule has 0 aliphatic carbocycles. The maximum Gasteiger partial charge on any atom is 0.262 e. The normalized spacial score (nSPS) is 13.4. The molecule has 0 saturated heterocycles. The highest BCUT2D eigenvalue weighted by molar-refractivity contribution is 5.75. The number of nitrogens with zero attached hydrogens (tertiary/aromatic N) is 3. The zero-order chi connectivity index (χ0) is 18.8. The largest absolute Gasteiger partial charge is 0.302 e. The summed E-state index contributed by atoms with van der Waals surface area (Å²) in [7, 11) is 1.97. The van der Waals surface area contributed by atoms with E-state index in [1.54, 1.807) is 17.5 Å². The molecule has 25 heavy (non-hydrogen) atoms. The first kappa shape index (κ1) is 19.3. The van der Waals surface area contributed by atoms with Gasteiger partial charge in [0.2, 0.25) is 0 Å². The van der Waals surface area contributed by atoms with Crippen LogP contribution in [-0.2, 0) is 16.8 Å². The second-order valence-corrected chi connectivity index (χ2v) is 8.19. The second-order valence-electron chi connectivity index (χ2n) is 8.19. The molecule has 0 fully saturated rings. The Morgan fingerprint density at radius 2 is 2.04 bits per heavy atom. The topological polar surface area (TPSA) is 54.7 Å². The van der Waals surface area contributed by atoms with E-state index in [2.05, 4.69) is 37.6 Å². The number of hydrogen-bond donors (Lipinski definition) is 0. The van der Waals surface area contributed by atoms with E-state index in [0.717, 1.165) is 12.1 Å². The third-order valence-electron chi connectivity index (χ3n) is 4.35. The molecule has 2 heterocycles. The number of carbonyl (C=O) groups is 1. The minimum Gasteiger partial charge on any atom is -0.302 e. The molecule has 0 saturated carbocycles. The van der Waals surface area contributed by atoms with Gasteiger partial charge >= 0.3 is 0 Å². The molecule has 0 aliphatic rings. The Bertz CT molecular complexity index is 818. The van der Waals surface area contributed by atoms with Gasteiger partial charge in [0, 0.05) is 31.9 Å². The van der Waals surface area contributed by atoms with Gasteiger partial charge in [-0.15, -0.1) is 0 Å². The van der Waals surface area contributed by atoms with E-state index in [9.17, 15) is 9.59 Å². The minimum absolute atomic E-state index is 0.0191. The summed E-state index contributed by atoms with van der Waals surface area (Å²) in [5.74, 6) is 0.469. The predicted octanol–water partition coefficient (Wildman–Crippen LogP) is 3.04. The summed E-state index contributed by atoms with van der Waals surface area (Å²) in [6, 6.07) is 3.96. The zero-order valence-electron chi connectivity index (χ0n) is 16.2. The molecule has 2 rings (SSSR count). The van der Waals surface area contributed by atoms with E-state index in [-0.39, 0.29) is 22.7 Å². The van der Waals surface area contributed by atoms with Gasteiger partial charge in [0.15, 0.2) is 0 Å². The molecule has 136 valence electrons. The fraction of sp³-hybridized carbons (Fsp3) is 0.550. The van der Waals surface area contributed by atoms with Crippen molar-refractivity contribution in [1.29, 1.82) is 0 Å². The van der Waals surface area contributed by atoms with Crippen LogP contribution < -0.4 is 5.56 Å². The quantitative estimate of drug-likeness (QED) is 0.809. The average Bonchev–Trinajstić information content (AvgIpc) is 2.47. The first-order valence-electron chi connectivity index (χ1n) is 8.76. The third kappa shape index (κ3) is 4.98. The highest BCUT2D eigenvalue weighted by Crippen LogP contribution is 2.22. The molecular formula is C20H29N3O2. The van der Waals surface area contributed by atoms with Crippen LogP contribution in [0.1, 0.15) is 52.2 Å². The highest BCUT2D eigenvalue weighted by Gasteiger charge is 2.16. The summed E-state index contributed by atoms with van der Waals surface area (Å²) in [4.78, 5) is 30.5. The van der Waals surface area contributed by atoms with E-state index in [1.807, 2.05) is 25.4 Å². The van der Waals surface area contributed by atoms with Crippen molar-refractivity contribution in [2.24, 2.45) is 5.92 Å². The van der Waals surface area contributed by atoms with Gasteiger partial charge in [0.25, 0.3) is 5.56 Å². The molecule has 0 amide bonds. The molecule has 5 heteroatoms. The number of fused-ring (bicyclic) bond motifs is 1. The molecule has 0 N–H and O–H groups in total. The van der Waals surface area contributed by atoms with Gasteiger partial charge in [-0.1, -0.05) is 27.7 Å². The Balaban J connectivity index is 2.21. The average molecular weight is 343 g/mol. The van der Waals surface area contributed by atoms with Crippen LogP contribution in [0.2, 0.25) is 0 Å². The smallest absolute Gasteiger partial charge is 0.262 e. The van der Waals surface area contributed by atoms with Crippen molar-refractivity contribution in [2.45, 2.75) is 53.0 Å². The number of ketones is 1. The first-order chi connectivity index (χ1) is 11.6. The maximum atomic E-state index is 12.7. The van der Waals surface area contributed by atoms with Crippen LogP contribution in [0, 0.1) is 5.92 Å². The third-order valence-corrected chi connectivity index (χ3v) is 4.35. The van der Waals surface area contributed by atoms with Crippen LogP contribution in [0.4, 0.5) is 0 Å². The van der Waals surface area contributed by atoms with Crippen molar-refractivity contribution in [3.8, 4) is 0 Å². The number of carbonyl (C=O) groups excluding carboxylic acids is 1. The van der Waals surface area contributed by atoms with Gasteiger partial charge < -0.3 is 9.69 Å². The molecule has 0 spiro atoms. The summed E-state index contributed by atoms with van der Waals surface area (Å²) in [6.45, 7) is 11.4. The van der Waals surface area contributed by atoms with Crippen molar-refractivity contribution in [3.63, 3.8) is 0 Å². The van der Waals surface area contributed by atoms with E-state index < -0.39 is 0 Å². The van der Waals surface area contributed by atoms with Crippen LogP contribution in [-0.4, -0.2) is 33.7 Å². The summed E-state index contributed by atoms with van der Waals surface area (Å²) in [5.41, 5.74) is 2.48. The lowest BCUT2D eigenvalue weighted by atomic mass is 9.88. The van der Waals surface area contributed by atoms with Crippen LogP contribution in [0.25, 0.3) is 5.65 Å². The molecule has 2 aromatic heterocycles.